The third kappa shape index (κ3) is 2.28. The van der Waals surface area contributed by atoms with Crippen molar-refractivity contribution in [2.24, 2.45) is 13.0 Å². The Morgan fingerprint density at radius 1 is 1.62 bits per heavy atom. The third-order valence-electron chi connectivity index (χ3n) is 3.60. The summed E-state index contributed by atoms with van der Waals surface area (Å²) < 4.78 is 1.77. The van der Waals surface area contributed by atoms with Gasteiger partial charge in [0, 0.05) is 25.7 Å². The van der Waals surface area contributed by atoms with Crippen LogP contribution >= 0.6 is 0 Å². The molecule has 16 heavy (non-hydrogen) atoms. The van der Waals surface area contributed by atoms with Gasteiger partial charge in [0.15, 0.2) is 0 Å². The first kappa shape index (κ1) is 11.6. The summed E-state index contributed by atoms with van der Waals surface area (Å²) >= 11 is 0. The lowest BCUT2D eigenvalue weighted by Gasteiger charge is -2.34. The molecule has 1 aliphatic heterocycles. The van der Waals surface area contributed by atoms with Crippen LogP contribution in [-0.2, 0) is 7.05 Å². The van der Waals surface area contributed by atoms with E-state index in [4.69, 9.17) is 0 Å². The van der Waals surface area contributed by atoms with Gasteiger partial charge in [-0.15, -0.1) is 0 Å². The monoisotopic (exact) mass is 223 g/mol. The summed E-state index contributed by atoms with van der Waals surface area (Å²) in [7, 11) is 1.89. The summed E-state index contributed by atoms with van der Waals surface area (Å²) in [5, 5.41) is 14.5. The number of nitrogens with zero attached hydrogens (tertiary/aromatic N) is 3. The summed E-state index contributed by atoms with van der Waals surface area (Å²) in [5.74, 6) is 0.351. The van der Waals surface area contributed by atoms with Gasteiger partial charge in [-0.2, -0.15) is 5.10 Å². The molecule has 1 aliphatic rings. The Bertz CT molecular complexity index is 337. The van der Waals surface area contributed by atoms with Crippen LogP contribution in [0, 0.1) is 5.92 Å². The lowest BCUT2D eigenvalue weighted by atomic mass is 9.91. The van der Waals surface area contributed by atoms with Crippen molar-refractivity contribution in [2.75, 3.05) is 19.6 Å². The maximum absolute atomic E-state index is 10.3. The Morgan fingerprint density at radius 3 is 3.06 bits per heavy atom. The van der Waals surface area contributed by atoms with Gasteiger partial charge < -0.3 is 10.0 Å². The van der Waals surface area contributed by atoms with Gasteiger partial charge in [0.25, 0.3) is 0 Å². The highest BCUT2D eigenvalue weighted by Gasteiger charge is 2.27. The summed E-state index contributed by atoms with van der Waals surface area (Å²) in [6.07, 6.45) is 3.68. The van der Waals surface area contributed by atoms with E-state index in [1.807, 2.05) is 13.1 Å². The highest BCUT2D eigenvalue weighted by atomic mass is 16.3. The highest BCUT2D eigenvalue weighted by molar-refractivity contribution is 5.06. The topological polar surface area (TPSA) is 41.3 Å². The minimum atomic E-state index is -0.373. The van der Waals surface area contributed by atoms with E-state index in [0.717, 1.165) is 25.2 Å². The van der Waals surface area contributed by atoms with Gasteiger partial charge in [-0.1, -0.05) is 6.92 Å². The van der Waals surface area contributed by atoms with Gasteiger partial charge in [0.05, 0.1) is 11.8 Å². The van der Waals surface area contributed by atoms with Crippen molar-refractivity contribution in [1.29, 1.82) is 0 Å². The first-order chi connectivity index (χ1) is 7.72. The Morgan fingerprint density at radius 2 is 2.44 bits per heavy atom. The molecule has 2 rings (SSSR count). The maximum Gasteiger partial charge on any atom is 0.0996 e. The minimum Gasteiger partial charge on any atom is -0.386 e. The number of aliphatic hydroxyl groups excluding tert-OH is 1. The number of hydrogen-bond donors (Lipinski definition) is 1. The highest BCUT2D eigenvalue weighted by Crippen LogP contribution is 2.29. The first-order valence-electron chi connectivity index (χ1n) is 6.10. The molecule has 0 spiro atoms. The second-order valence-electron chi connectivity index (χ2n) is 4.62. The van der Waals surface area contributed by atoms with Crippen LogP contribution < -0.4 is 0 Å². The predicted molar refractivity (Wildman–Crippen MR) is 63.0 cm³/mol. The number of aromatic nitrogens is 2. The summed E-state index contributed by atoms with van der Waals surface area (Å²) in [5.41, 5.74) is 0.933. The van der Waals surface area contributed by atoms with Crippen LogP contribution in [0.25, 0.3) is 0 Å². The molecule has 1 aromatic heterocycles. The van der Waals surface area contributed by atoms with E-state index in [1.54, 1.807) is 10.9 Å². The molecule has 2 atom stereocenters. The molecule has 90 valence electrons. The number of aliphatic hydroxyl groups is 1. The van der Waals surface area contributed by atoms with E-state index >= 15 is 0 Å². The van der Waals surface area contributed by atoms with Crippen LogP contribution in [0.15, 0.2) is 12.3 Å². The van der Waals surface area contributed by atoms with Crippen molar-refractivity contribution in [3.8, 4) is 0 Å². The largest absolute Gasteiger partial charge is 0.386 e. The van der Waals surface area contributed by atoms with E-state index in [-0.39, 0.29) is 6.10 Å². The second-order valence-corrected chi connectivity index (χ2v) is 4.62. The van der Waals surface area contributed by atoms with Crippen LogP contribution in [0.4, 0.5) is 0 Å². The van der Waals surface area contributed by atoms with Crippen molar-refractivity contribution in [1.82, 2.24) is 14.7 Å². The van der Waals surface area contributed by atoms with E-state index in [9.17, 15) is 5.11 Å². The SMILES string of the molecule is CCN1CCC[C@@H]([C@@H](O)c2ccnn2C)C1. The van der Waals surface area contributed by atoms with E-state index in [2.05, 4.69) is 16.9 Å². The van der Waals surface area contributed by atoms with Crippen molar-refractivity contribution < 1.29 is 5.11 Å². The minimum absolute atomic E-state index is 0.351. The smallest absolute Gasteiger partial charge is 0.0996 e. The van der Waals surface area contributed by atoms with E-state index in [1.165, 1.54) is 13.0 Å². The Labute approximate surface area is 96.9 Å². The van der Waals surface area contributed by atoms with Gasteiger partial charge in [-0.25, -0.2) is 0 Å². The molecular weight excluding hydrogens is 202 g/mol. The molecular formula is C12H21N3O. The quantitative estimate of drug-likeness (QED) is 0.836. The van der Waals surface area contributed by atoms with Crippen LogP contribution in [0.3, 0.4) is 0 Å². The number of rotatable bonds is 3. The standard InChI is InChI=1S/C12H21N3O/c1-3-15-8-4-5-10(9-15)12(16)11-6-7-13-14(11)2/h6-7,10,12,16H,3-5,8-9H2,1-2H3/t10-,12-/m1/s1. The van der Waals surface area contributed by atoms with Crippen molar-refractivity contribution >= 4 is 0 Å². The molecule has 1 aromatic rings. The summed E-state index contributed by atoms with van der Waals surface area (Å²) in [6, 6.07) is 1.91. The Balaban J connectivity index is 2.04. The predicted octanol–water partition coefficient (Wildman–Crippen LogP) is 1.19. The fraction of sp³-hybridized carbons (Fsp3) is 0.750. The fourth-order valence-corrected chi connectivity index (χ4v) is 2.55. The number of aryl methyl sites for hydroxylation is 1. The number of hydrogen-bond acceptors (Lipinski definition) is 3. The van der Waals surface area contributed by atoms with Crippen molar-refractivity contribution in [3.63, 3.8) is 0 Å². The lowest BCUT2D eigenvalue weighted by molar-refractivity contribution is 0.0471. The Hall–Kier alpha value is -0.870. The summed E-state index contributed by atoms with van der Waals surface area (Å²) in [6.45, 7) is 5.43. The van der Waals surface area contributed by atoms with Gasteiger partial charge in [-0.3, -0.25) is 4.68 Å². The van der Waals surface area contributed by atoms with Crippen LogP contribution in [-0.4, -0.2) is 39.4 Å². The molecule has 0 aromatic carbocycles. The first-order valence-corrected chi connectivity index (χ1v) is 6.10. The molecule has 1 N–H and O–H groups in total. The Kier molecular flexibility index (Phi) is 3.61. The normalized spacial score (nSPS) is 24.6. The number of piperidine rings is 1. The molecule has 4 nitrogen and oxygen atoms in total. The molecule has 0 aliphatic carbocycles. The molecule has 0 radical (unpaired) electrons. The molecule has 1 fully saturated rings. The zero-order valence-corrected chi connectivity index (χ0v) is 10.1. The van der Waals surface area contributed by atoms with Gasteiger partial charge in [-0.05, 0) is 32.0 Å². The van der Waals surface area contributed by atoms with E-state index in [0.29, 0.717) is 5.92 Å². The average molecular weight is 223 g/mol. The molecule has 2 heterocycles. The van der Waals surface area contributed by atoms with Gasteiger partial charge in [0.2, 0.25) is 0 Å². The molecule has 0 amide bonds. The van der Waals surface area contributed by atoms with Gasteiger partial charge >= 0.3 is 0 Å². The van der Waals surface area contributed by atoms with Crippen LogP contribution in [0.2, 0.25) is 0 Å². The van der Waals surface area contributed by atoms with Crippen LogP contribution in [0.5, 0.6) is 0 Å². The maximum atomic E-state index is 10.3. The zero-order valence-electron chi connectivity index (χ0n) is 10.1. The molecule has 0 unspecified atom stereocenters. The van der Waals surface area contributed by atoms with Gasteiger partial charge in [0.1, 0.15) is 0 Å². The number of likely N-dealkylation sites (tertiary alicyclic amines) is 1. The van der Waals surface area contributed by atoms with Crippen molar-refractivity contribution in [2.45, 2.75) is 25.9 Å². The van der Waals surface area contributed by atoms with Crippen LogP contribution in [0.1, 0.15) is 31.6 Å². The average Bonchev–Trinajstić information content (AvgIpc) is 2.74. The van der Waals surface area contributed by atoms with E-state index < -0.39 is 0 Å². The fourth-order valence-electron chi connectivity index (χ4n) is 2.55. The third-order valence-corrected chi connectivity index (χ3v) is 3.60. The van der Waals surface area contributed by atoms with Crippen molar-refractivity contribution in [3.05, 3.63) is 18.0 Å². The molecule has 4 heteroatoms. The lowest BCUT2D eigenvalue weighted by Crippen LogP contribution is -2.37. The summed E-state index contributed by atoms with van der Waals surface area (Å²) in [4.78, 5) is 2.41. The second kappa shape index (κ2) is 4.97. The zero-order chi connectivity index (χ0) is 11.5. The molecule has 0 bridgehead atoms. The molecule has 0 saturated carbocycles. The molecule has 1 saturated heterocycles.